The van der Waals surface area contributed by atoms with Gasteiger partial charge in [-0.15, -0.1) is 0 Å². The first kappa shape index (κ1) is 18.7. The molecule has 0 bridgehead atoms. The highest BCUT2D eigenvalue weighted by atomic mass is 32.2. The molecule has 0 unspecified atom stereocenters. The number of ether oxygens (including phenoxy) is 1. The Bertz CT molecular complexity index is 906. The number of hydrogen-bond acceptors (Lipinski definition) is 6. The molecule has 138 valence electrons. The molecular weight excluding hydrogens is 364 g/mol. The van der Waals surface area contributed by atoms with Crippen molar-refractivity contribution in [1.82, 2.24) is 4.90 Å². The van der Waals surface area contributed by atoms with Gasteiger partial charge < -0.3 is 9.84 Å². The number of amides is 2. The number of aromatic hydroxyl groups is 1. The minimum atomic E-state index is -0.321. The minimum Gasteiger partial charge on any atom is -0.507 e. The summed E-state index contributed by atoms with van der Waals surface area (Å²) in [7, 11) is 1.59. The van der Waals surface area contributed by atoms with Crippen LogP contribution in [0, 0.1) is 0 Å². The van der Waals surface area contributed by atoms with Crippen LogP contribution >= 0.6 is 11.8 Å². The highest BCUT2D eigenvalue weighted by Crippen LogP contribution is 2.32. The average Bonchev–Trinajstić information content (AvgIpc) is 2.94. The molecule has 2 aromatic carbocycles. The number of carbonyl (C=O) groups excluding carboxylic acids is 2. The van der Waals surface area contributed by atoms with Gasteiger partial charge in [0.05, 0.1) is 18.6 Å². The van der Waals surface area contributed by atoms with E-state index in [0.717, 1.165) is 23.1 Å². The van der Waals surface area contributed by atoms with Gasteiger partial charge in [-0.05, 0) is 47.7 Å². The first-order chi connectivity index (χ1) is 13.1. The molecule has 0 atom stereocenters. The third-order valence-electron chi connectivity index (χ3n) is 3.91. The van der Waals surface area contributed by atoms with Crippen molar-refractivity contribution in [1.29, 1.82) is 0 Å². The predicted molar refractivity (Wildman–Crippen MR) is 106 cm³/mol. The van der Waals surface area contributed by atoms with Gasteiger partial charge in [-0.2, -0.15) is 0 Å². The van der Waals surface area contributed by atoms with Crippen molar-refractivity contribution in [2.45, 2.75) is 0 Å². The normalized spacial score (nSPS) is 15.9. The van der Waals surface area contributed by atoms with E-state index in [1.54, 1.807) is 49.6 Å². The Morgan fingerprint density at radius 1 is 1.15 bits per heavy atom. The van der Waals surface area contributed by atoms with Crippen molar-refractivity contribution < 1.29 is 19.4 Å². The Morgan fingerprint density at radius 3 is 2.59 bits per heavy atom. The smallest absolute Gasteiger partial charge is 0.293 e. The molecule has 7 heteroatoms. The Labute approximate surface area is 161 Å². The highest BCUT2D eigenvalue weighted by molar-refractivity contribution is 8.18. The summed E-state index contributed by atoms with van der Waals surface area (Å²) in [6.07, 6.45) is 3.22. The Balaban J connectivity index is 1.62. The van der Waals surface area contributed by atoms with Gasteiger partial charge in [0, 0.05) is 18.3 Å². The third-order valence-corrected chi connectivity index (χ3v) is 4.81. The number of methoxy groups -OCH3 is 1. The number of phenolic OH excluding ortho intramolecular Hbond substituents is 1. The first-order valence-corrected chi connectivity index (χ1v) is 9.07. The van der Waals surface area contributed by atoms with Gasteiger partial charge in [0.2, 0.25) is 0 Å². The second kappa shape index (κ2) is 8.55. The summed E-state index contributed by atoms with van der Waals surface area (Å²) in [6, 6.07) is 14.1. The Morgan fingerprint density at radius 2 is 1.89 bits per heavy atom. The molecule has 2 aromatic rings. The van der Waals surface area contributed by atoms with Crippen LogP contribution in [0.15, 0.2) is 58.4 Å². The van der Waals surface area contributed by atoms with Crippen LogP contribution in [0.2, 0.25) is 0 Å². The zero-order chi connectivity index (χ0) is 19.2. The van der Waals surface area contributed by atoms with E-state index in [1.165, 1.54) is 11.1 Å². The maximum Gasteiger partial charge on any atom is 0.293 e. The van der Waals surface area contributed by atoms with Crippen molar-refractivity contribution >= 4 is 35.2 Å². The highest BCUT2D eigenvalue weighted by Gasteiger charge is 2.34. The summed E-state index contributed by atoms with van der Waals surface area (Å²) in [4.78, 5) is 30.3. The van der Waals surface area contributed by atoms with E-state index in [-0.39, 0.29) is 30.0 Å². The van der Waals surface area contributed by atoms with Crippen molar-refractivity contribution in [3.63, 3.8) is 0 Å². The SMILES string of the molecule is COc1ccc(/C=C2\SC(=O)N(CCN=Cc3ccccc3O)C2=O)cc1. The van der Waals surface area contributed by atoms with Gasteiger partial charge in [-0.25, -0.2) is 0 Å². The van der Waals surface area contributed by atoms with E-state index >= 15 is 0 Å². The molecule has 0 spiro atoms. The fourth-order valence-electron chi connectivity index (χ4n) is 2.46. The molecule has 3 rings (SSSR count). The summed E-state index contributed by atoms with van der Waals surface area (Å²) in [5.74, 6) is 0.538. The monoisotopic (exact) mass is 382 g/mol. The molecule has 1 saturated heterocycles. The largest absolute Gasteiger partial charge is 0.507 e. The number of hydrogen-bond donors (Lipinski definition) is 1. The molecule has 1 aliphatic rings. The standard InChI is InChI=1S/C20H18N2O4S/c1-26-16-8-6-14(7-9-16)12-18-19(24)22(20(25)27-18)11-10-21-13-15-4-2-3-5-17(15)23/h2-9,12-13,23H,10-11H2,1H3/b18-12-,21-13?. The van der Waals surface area contributed by atoms with Crippen LogP contribution in [0.4, 0.5) is 4.79 Å². The number of rotatable bonds is 6. The molecular formula is C20H18N2O4S. The number of phenols is 1. The molecule has 1 heterocycles. The van der Waals surface area contributed by atoms with E-state index in [4.69, 9.17) is 4.74 Å². The number of imide groups is 1. The zero-order valence-corrected chi connectivity index (χ0v) is 15.5. The fraction of sp³-hybridized carbons (Fsp3) is 0.150. The zero-order valence-electron chi connectivity index (χ0n) is 14.7. The summed E-state index contributed by atoms with van der Waals surface area (Å²) >= 11 is 0.919. The van der Waals surface area contributed by atoms with Gasteiger partial charge in [-0.1, -0.05) is 24.3 Å². The van der Waals surface area contributed by atoms with Crippen molar-refractivity contribution in [2.24, 2.45) is 4.99 Å². The quantitative estimate of drug-likeness (QED) is 0.610. The van der Waals surface area contributed by atoms with E-state index in [1.807, 2.05) is 12.1 Å². The third kappa shape index (κ3) is 4.57. The summed E-state index contributed by atoms with van der Waals surface area (Å²) in [5, 5.41) is 9.38. The Hall–Kier alpha value is -3.06. The van der Waals surface area contributed by atoms with Gasteiger partial charge in [0.25, 0.3) is 11.1 Å². The minimum absolute atomic E-state index is 0.134. The lowest BCUT2D eigenvalue weighted by molar-refractivity contribution is -0.122. The van der Waals surface area contributed by atoms with Crippen LogP contribution in [0.1, 0.15) is 11.1 Å². The van der Waals surface area contributed by atoms with E-state index in [0.29, 0.717) is 10.5 Å². The maximum atomic E-state index is 12.5. The Kier molecular flexibility index (Phi) is 5.93. The average molecular weight is 382 g/mol. The molecule has 27 heavy (non-hydrogen) atoms. The van der Waals surface area contributed by atoms with E-state index in [9.17, 15) is 14.7 Å². The molecule has 0 radical (unpaired) electrons. The van der Waals surface area contributed by atoms with Gasteiger partial charge >= 0.3 is 0 Å². The molecule has 1 N–H and O–H groups in total. The van der Waals surface area contributed by atoms with Crippen LogP contribution in [0.3, 0.4) is 0 Å². The fourth-order valence-corrected chi connectivity index (χ4v) is 3.33. The molecule has 1 aliphatic heterocycles. The van der Waals surface area contributed by atoms with Crippen molar-refractivity contribution in [2.75, 3.05) is 20.2 Å². The summed E-state index contributed by atoms with van der Waals surface area (Å²) in [5.41, 5.74) is 1.41. The number of para-hydroxylation sites is 1. The van der Waals surface area contributed by atoms with E-state index in [2.05, 4.69) is 4.99 Å². The number of benzene rings is 2. The first-order valence-electron chi connectivity index (χ1n) is 8.26. The molecule has 6 nitrogen and oxygen atoms in total. The lowest BCUT2D eigenvalue weighted by Crippen LogP contribution is -2.30. The lowest BCUT2D eigenvalue weighted by Gasteiger charge is -2.10. The molecule has 2 amide bonds. The summed E-state index contributed by atoms with van der Waals surface area (Å²) < 4.78 is 5.10. The molecule has 0 saturated carbocycles. The number of carbonyl (C=O) groups is 2. The van der Waals surface area contributed by atoms with Crippen LogP contribution in [-0.4, -0.2) is 47.6 Å². The van der Waals surface area contributed by atoms with Gasteiger partial charge in [0.15, 0.2) is 0 Å². The van der Waals surface area contributed by atoms with Crippen LogP contribution in [0.25, 0.3) is 6.08 Å². The number of thioether (sulfide) groups is 1. The number of aliphatic imine (C=N–C) groups is 1. The van der Waals surface area contributed by atoms with Gasteiger partial charge in [-0.3, -0.25) is 19.5 Å². The van der Waals surface area contributed by atoms with Gasteiger partial charge in [0.1, 0.15) is 11.5 Å². The predicted octanol–water partition coefficient (Wildman–Crippen LogP) is 3.56. The molecule has 0 aromatic heterocycles. The van der Waals surface area contributed by atoms with Crippen molar-refractivity contribution in [3.8, 4) is 11.5 Å². The maximum absolute atomic E-state index is 12.5. The number of nitrogens with zero attached hydrogens (tertiary/aromatic N) is 2. The van der Waals surface area contributed by atoms with Crippen molar-refractivity contribution in [3.05, 3.63) is 64.6 Å². The van der Waals surface area contributed by atoms with Crippen LogP contribution < -0.4 is 4.74 Å². The molecule has 1 fully saturated rings. The van der Waals surface area contributed by atoms with Crippen LogP contribution in [-0.2, 0) is 4.79 Å². The van der Waals surface area contributed by atoms with E-state index < -0.39 is 0 Å². The second-order valence-electron chi connectivity index (χ2n) is 5.70. The molecule has 0 aliphatic carbocycles. The second-order valence-corrected chi connectivity index (χ2v) is 6.69. The topological polar surface area (TPSA) is 79.2 Å². The summed E-state index contributed by atoms with van der Waals surface area (Å²) in [6.45, 7) is 0.455. The van der Waals surface area contributed by atoms with Crippen LogP contribution in [0.5, 0.6) is 11.5 Å². The lowest BCUT2D eigenvalue weighted by atomic mass is 10.2.